The van der Waals surface area contributed by atoms with Crippen molar-refractivity contribution < 1.29 is 65.8 Å². The van der Waals surface area contributed by atoms with Crippen LogP contribution in [0.25, 0.3) is 0 Å². The molecule has 0 fully saturated rings. The van der Waals surface area contributed by atoms with Crippen LogP contribution < -0.4 is 51.4 Å². The maximum atomic E-state index is 9.65. The second kappa shape index (κ2) is 9.71. The zero-order chi connectivity index (χ0) is 6.41. The predicted molar refractivity (Wildman–Crippen MR) is 30.9 cm³/mol. The van der Waals surface area contributed by atoms with E-state index in [-0.39, 0.29) is 52.8 Å². The molecule has 0 aliphatic heterocycles. The van der Waals surface area contributed by atoms with Crippen LogP contribution in [0.3, 0.4) is 0 Å². The van der Waals surface area contributed by atoms with Crippen molar-refractivity contribution in [2.24, 2.45) is 0 Å². The summed E-state index contributed by atoms with van der Waals surface area (Å²) in [5.74, 6) is 0. The van der Waals surface area contributed by atoms with Crippen molar-refractivity contribution in [1.82, 2.24) is 0 Å². The van der Waals surface area contributed by atoms with Gasteiger partial charge in [0.05, 0.1) is 18.0 Å². The van der Waals surface area contributed by atoms with Crippen LogP contribution in [-0.2, 0) is 15.5 Å². The summed E-state index contributed by atoms with van der Waals surface area (Å²) >= 11 is -2.32. The second-order valence-corrected chi connectivity index (χ2v) is 2.02. The molecule has 3 nitrogen and oxygen atoms in total. The minimum absolute atomic E-state index is 0. The van der Waals surface area contributed by atoms with Crippen molar-refractivity contribution in [3.05, 3.63) is 0 Å². The summed E-state index contributed by atoms with van der Waals surface area (Å²) in [5.41, 5.74) is 0. The minimum Gasteiger partial charge on any atom is -1.00 e. The van der Waals surface area contributed by atoms with Crippen molar-refractivity contribution in [3.63, 3.8) is 0 Å². The molecule has 1 unspecified atom stereocenters. The smallest absolute Gasteiger partial charge is 1.00 e. The van der Waals surface area contributed by atoms with Crippen LogP contribution >= 0.6 is 0 Å². The molecule has 0 aromatic heterocycles. The Morgan fingerprint density at radius 1 is 1.78 bits per heavy atom. The van der Waals surface area contributed by atoms with Gasteiger partial charge in [-0.1, -0.05) is 13.3 Å². The van der Waals surface area contributed by atoms with Gasteiger partial charge in [-0.25, -0.2) is 4.21 Å². The maximum Gasteiger partial charge on any atom is 1.00 e. The van der Waals surface area contributed by atoms with E-state index >= 15 is 0 Å². The number of hydrogen-bond donors (Lipinski definition) is 0. The molecule has 0 aliphatic rings. The third-order valence-corrected chi connectivity index (χ3v) is 1.04. The van der Waals surface area contributed by atoms with Crippen LogP contribution in [0.4, 0.5) is 0 Å². The van der Waals surface area contributed by atoms with Crippen molar-refractivity contribution in [2.45, 2.75) is 19.8 Å². The van der Waals surface area contributed by atoms with E-state index in [1.807, 2.05) is 6.92 Å². The molecule has 0 amide bonds. The summed E-state index contributed by atoms with van der Waals surface area (Å²) in [6.07, 6.45) is 1.76. The Bertz CT molecular complexity index is 82.9. The summed E-state index contributed by atoms with van der Waals surface area (Å²) in [7, 11) is 0. The van der Waals surface area contributed by atoms with Crippen molar-refractivity contribution in [2.75, 3.05) is 6.61 Å². The van der Waals surface area contributed by atoms with Gasteiger partial charge in [0.25, 0.3) is 0 Å². The van der Waals surface area contributed by atoms with Gasteiger partial charge in [0.2, 0.25) is 0 Å². The van der Waals surface area contributed by atoms with Crippen molar-refractivity contribution in [1.29, 1.82) is 0 Å². The maximum absolute atomic E-state index is 9.65. The monoisotopic (exact) mass is 177 g/mol. The van der Waals surface area contributed by atoms with E-state index in [9.17, 15) is 8.76 Å². The summed E-state index contributed by atoms with van der Waals surface area (Å²) in [5, 5.41) is 0. The first-order valence-electron chi connectivity index (χ1n) is 2.50. The average Bonchev–Trinajstić information content (AvgIpc) is 1.66. The Hall–Kier alpha value is 1.71. The molecule has 0 bridgehead atoms. The zero-order valence-electron chi connectivity index (χ0n) is 6.75. The SMILES string of the molecule is CCCCOS(=O)[O-].[H-].[K+]. The summed E-state index contributed by atoms with van der Waals surface area (Å²) in [6, 6.07) is 0. The first kappa shape index (κ1) is 13.3. The third kappa shape index (κ3) is 12.8. The van der Waals surface area contributed by atoms with Crippen LogP contribution in [-0.4, -0.2) is 15.4 Å². The third-order valence-electron chi connectivity index (χ3n) is 0.677. The zero-order valence-corrected chi connectivity index (χ0v) is 9.69. The molecule has 52 valence electrons. The first-order chi connectivity index (χ1) is 3.77. The minimum atomic E-state index is -2.32. The molecular formula is C4H10KO3S-. The van der Waals surface area contributed by atoms with E-state index < -0.39 is 11.4 Å². The van der Waals surface area contributed by atoms with Gasteiger partial charge in [0.15, 0.2) is 0 Å². The molecule has 0 radical (unpaired) electrons. The van der Waals surface area contributed by atoms with E-state index in [0.717, 1.165) is 12.8 Å². The molecule has 0 aliphatic carbocycles. The van der Waals surface area contributed by atoms with E-state index in [2.05, 4.69) is 4.18 Å². The number of rotatable bonds is 4. The number of unbranched alkanes of at least 4 members (excludes halogenated alkanes) is 1. The molecular weight excluding hydrogens is 167 g/mol. The quantitative estimate of drug-likeness (QED) is 0.276. The fourth-order valence-electron chi connectivity index (χ4n) is 0.271. The number of hydrogen-bond acceptors (Lipinski definition) is 3. The van der Waals surface area contributed by atoms with Gasteiger partial charge in [-0.15, -0.1) is 0 Å². The average molecular weight is 177 g/mol. The van der Waals surface area contributed by atoms with Crippen molar-refractivity contribution >= 4 is 11.4 Å². The Morgan fingerprint density at radius 3 is 2.67 bits per heavy atom. The van der Waals surface area contributed by atoms with E-state index in [4.69, 9.17) is 0 Å². The van der Waals surface area contributed by atoms with Crippen LogP contribution in [0.2, 0.25) is 0 Å². The van der Waals surface area contributed by atoms with Gasteiger partial charge in [0, 0.05) is 0 Å². The Labute approximate surface area is 102 Å². The van der Waals surface area contributed by atoms with Gasteiger partial charge in [-0.3, -0.25) is 0 Å². The van der Waals surface area contributed by atoms with Gasteiger partial charge in [-0.05, 0) is 6.42 Å². The molecule has 0 aromatic carbocycles. The molecule has 1 atom stereocenters. The summed E-state index contributed by atoms with van der Waals surface area (Å²) in [4.78, 5) is 0. The molecule has 0 aromatic rings. The fraction of sp³-hybridized carbons (Fsp3) is 1.00. The molecule has 0 spiro atoms. The van der Waals surface area contributed by atoms with Crippen LogP contribution in [0.5, 0.6) is 0 Å². The fourth-order valence-corrected chi connectivity index (χ4v) is 0.525. The predicted octanol–water partition coefficient (Wildman–Crippen LogP) is -2.29. The van der Waals surface area contributed by atoms with Crippen molar-refractivity contribution in [3.8, 4) is 0 Å². The van der Waals surface area contributed by atoms with E-state index in [0.29, 0.717) is 6.61 Å². The molecule has 0 rings (SSSR count). The Kier molecular flexibility index (Phi) is 14.4. The summed E-state index contributed by atoms with van der Waals surface area (Å²) in [6.45, 7) is 2.28. The standard InChI is InChI=1S/C4H10O3S.K.H/c1-2-3-4-7-8(5)6;;/h2-4H2,1H3,(H,5,6);;/q;+1;-1/p-1. The van der Waals surface area contributed by atoms with Gasteiger partial charge in [0.1, 0.15) is 0 Å². The Morgan fingerprint density at radius 2 is 2.33 bits per heavy atom. The van der Waals surface area contributed by atoms with Crippen LogP contribution in [0.15, 0.2) is 0 Å². The van der Waals surface area contributed by atoms with Gasteiger partial charge < -0.3 is 10.2 Å². The summed E-state index contributed by atoms with van der Waals surface area (Å²) < 4.78 is 23.5. The normalized spacial score (nSPS) is 12.2. The molecule has 0 saturated heterocycles. The molecule has 0 N–H and O–H groups in total. The second-order valence-electron chi connectivity index (χ2n) is 1.38. The van der Waals surface area contributed by atoms with Crippen LogP contribution in [0.1, 0.15) is 21.2 Å². The van der Waals surface area contributed by atoms with E-state index in [1.54, 1.807) is 0 Å². The molecule has 0 heterocycles. The Balaban J connectivity index is -0.000000245. The van der Waals surface area contributed by atoms with Gasteiger partial charge >= 0.3 is 51.4 Å². The molecule has 5 heteroatoms. The largest absolute Gasteiger partial charge is 1.00 e. The molecule has 9 heavy (non-hydrogen) atoms. The van der Waals surface area contributed by atoms with Gasteiger partial charge in [-0.2, -0.15) is 0 Å². The van der Waals surface area contributed by atoms with E-state index in [1.165, 1.54) is 0 Å². The van der Waals surface area contributed by atoms with Crippen LogP contribution in [0, 0.1) is 0 Å². The first-order valence-corrected chi connectivity index (χ1v) is 3.50. The topological polar surface area (TPSA) is 49.4 Å². The molecule has 0 saturated carbocycles.